The molecule has 1 fully saturated rings. The standard InChI is InChI=1S/C18H23ClFNO4/c1-18(2,3)25-8-7-14(17(23)24)21-16(22)11-9-10(11)15-12(19)5-4-6-13(15)20/h4-6,10-11,14H,7-9H2,1-3H3,(H,21,22)(H,23,24). The van der Waals surface area contributed by atoms with E-state index in [2.05, 4.69) is 5.32 Å². The van der Waals surface area contributed by atoms with E-state index >= 15 is 0 Å². The molecule has 1 saturated carbocycles. The first-order chi connectivity index (χ1) is 11.6. The summed E-state index contributed by atoms with van der Waals surface area (Å²) in [5.74, 6) is -2.73. The van der Waals surface area contributed by atoms with Crippen molar-refractivity contribution in [1.29, 1.82) is 0 Å². The van der Waals surface area contributed by atoms with Crippen LogP contribution in [0.1, 0.15) is 45.1 Å². The van der Waals surface area contributed by atoms with E-state index in [1.54, 1.807) is 6.07 Å². The third kappa shape index (κ3) is 5.41. The average molecular weight is 372 g/mol. The molecule has 3 unspecified atom stereocenters. The number of hydrogen-bond acceptors (Lipinski definition) is 3. The van der Waals surface area contributed by atoms with E-state index in [-0.39, 0.29) is 29.6 Å². The second-order valence-electron chi connectivity index (χ2n) is 7.23. The summed E-state index contributed by atoms with van der Waals surface area (Å²) in [7, 11) is 0. The van der Waals surface area contributed by atoms with Gasteiger partial charge in [0.15, 0.2) is 0 Å². The zero-order valence-corrected chi connectivity index (χ0v) is 15.3. The summed E-state index contributed by atoms with van der Waals surface area (Å²) in [4.78, 5) is 23.6. The number of carboxylic acid groups (broad SMARTS) is 1. The number of carbonyl (C=O) groups is 2. The molecule has 0 spiro atoms. The Balaban J connectivity index is 1.93. The molecule has 0 heterocycles. The summed E-state index contributed by atoms with van der Waals surface area (Å²) in [6.45, 7) is 5.82. The molecule has 0 saturated heterocycles. The monoisotopic (exact) mass is 371 g/mol. The first-order valence-electron chi connectivity index (χ1n) is 8.21. The third-order valence-corrected chi connectivity index (χ3v) is 4.38. The normalized spacial score (nSPS) is 20.8. The summed E-state index contributed by atoms with van der Waals surface area (Å²) in [6, 6.07) is 3.36. The Kier molecular flexibility index (Phi) is 6.06. The molecule has 1 aliphatic rings. The number of amides is 1. The summed E-state index contributed by atoms with van der Waals surface area (Å²) in [5, 5.41) is 12.1. The van der Waals surface area contributed by atoms with Gasteiger partial charge in [0.2, 0.25) is 5.91 Å². The minimum absolute atomic E-state index is 0.163. The van der Waals surface area contributed by atoms with Crippen molar-refractivity contribution < 1.29 is 23.8 Å². The SMILES string of the molecule is CC(C)(C)OCCC(NC(=O)C1CC1c1c(F)cccc1Cl)C(=O)O. The first kappa shape index (κ1) is 19.7. The van der Waals surface area contributed by atoms with Gasteiger partial charge >= 0.3 is 5.97 Å². The first-order valence-corrected chi connectivity index (χ1v) is 8.59. The fourth-order valence-corrected chi connectivity index (χ4v) is 2.99. The van der Waals surface area contributed by atoms with Gasteiger partial charge in [0.05, 0.1) is 5.60 Å². The Morgan fingerprint density at radius 3 is 2.68 bits per heavy atom. The van der Waals surface area contributed by atoms with E-state index < -0.39 is 29.7 Å². The predicted molar refractivity (Wildman–Crippen MR) is 92.1 cm³/mol. The largest absolute Gasteiger partial charge is 0.480 e. The highest BCUT2D eigenvalue weighted by atomic mass is 35.5. The Labute approximate surface area is 151 Å². The maximum Gasteiger partial charge on any atom is 0.326 e. The molecule has 0 bridgehead atoms. The molecule has 1 aromatic carbocycles. The van der Waals surface area contributed by atoms with Gasteiger partial charge in [-0.1, -0.05) is 17.7 Å². The smallest absolute Gasteiger partial charge is 0.326 e. The average Bonchev–Trinajstić information content (AvgIpc) is 3.24. The van der Waals surface area contributed by atoms with E-state index in [0.29, 0.717) is 12.0 Å². The van der Waals surface area contributed by atoms with Crippen LogP contribution in [0.4, 0.5) is 4.39 Å². The van der Waals surface area contributed by atoms with Crippen molar-refractivity contribution in [2.45, 2.75) is 51.2 Å². The minimum atomic E-state index is -1.12. The lowest BCUT2D eigenvalue weighted by atomic mass is 10.1. The molecule has 7 heteroatoms. The number of rotatable bonds is 7. The maximum absolute atomic E-state index is 13.9. The van der Waals surface area contributed by atoms with Crippen molar-refractivity contribution >= 4 is 23.5 Å². The summed E-state index contributed by atoms with van der Waals surface area (Å²) >= 11 is 6.02. The van der Waals surface area contributed by atoms with E-state index in [4.69, 9.17) is 16.3 Å². The summed E-state index contributed by atoms with van der Waals surface area (Å²) in [6.07, 6.45) is 0.619. The highest BCUT2D eigenvalue weighted by molar-refractivity contribution is 6.31. The van der Waals surface area contributed by atoms with Crippen molar-refractivity contribution in [3.8, 4) is 0 Å². The Morgan fingerprint density at radius 2 is 2.12 bits per heavy atom. The van der Waals surface area contributed by atoms with Gasteiger partial charge in [-0.3, -0.25) is 4.79 Å². The third-order valence-electron chi connectivity index (χ3n) is 4.05. The molecule has 5 nitrogen and oxygen atoms in total. The molecule has 0 radical (unpaired) electrons. The van der Waals surface area contributed by atoms with Gasteiger partial charge in [-0.2, -0.15) is 0 Å². The molecule has 2 rings (SSSR count). The van der Waals surface area contributed by atoms with Gasteiger partial charge in [-0.15, -0.1) is 0 Å². The molecule has 1 aromatic rings. The van der Waals surface area contributed by atoms with Crippen molar-refractivity contribution in [3.63, 3.8) is 0 Å². The van der Waals surface area contributed by atoms with E-state index in [9.17, 15) is 19.1 Å². The van der Waals surface area contributed by atoms with Crippen LogP contribution in [0.15, 0.2) is 18.2 Å². The Morgan fingerprint density at radius 1 is 1.44 bits per heavy atom. The zero-order valence-electron chi connectivity index (χ0n) is 14.5. The number of benzene rings is 1. The van der Waals surface area contributed by atoms with E-state index in [1.807, 2.05) is 20.8 Å². The van der Waals surface area contributed by atoms with Crippen LogP contribution >= 0.6 is 11.6 Å². The second kappa shape index (κ2) is 7.70. The quantitative estimate of drug-likeness (QED) is 0.770. The van der Waals surface area contributed by atoms with Gasteiger partial charge in [0.1, 0.15) is 11.9 Å². The number of ether oxygens (including phenoxy) is 1. The molecule has 0 aromatic heterocycles. The highest BCUT2D eigenvalue weighted by Crippen LogP contribution is 2.50. The number of carboxylic acids is 1. The number of hydrogen-bond donors (Lipinski definition) is 2. The summed E-state index contributed by atoms with van der Waals surface area (Å²) < 4.78 is 19.4. The van der Waals surface area contributed by atoms with E-state index in [0.717, 1.165) is 0 Å². The van der Waals surface area contributed by atoms with Crippen LogP contribution in [-0.4, -0.2) is 35.2 Å². The number of nitrogens with one attached hydrogen (secondary N) is 1. The Hall–Kier alpha value is -1.66. The van der Waals surface area contributed by atoms with Crippen LogP contribution < -0.4 is 5.32 Å². The minimum Gasteiger partial charge on any atom is -0.480 e. The predicted octanol–water partition coefficient (Wildman–Crippen LogP) is 3.36. The second-order valence-corrected chi connectivity index (χ2v) is 7.64. The molecular formula is C18H23ClFNO4. The van der Waals surface area contributed by atoms with Gasteiger partial charge < -0.3 is 15.2 Å². The fraction of sp³-hybridized carbons (Fsp3) is 0.556. The van der Waals surface area contributed by atoms with Crippen molar-refractivity contribution in [2.24, 2.45) is 5.92 Å². The number of aliphatic carboxylic acids is 1. The van der Waals surface area contributed by atoms with Crippen LogP contribution in [0, 0.1) is 11.7 Å². The van der Waals surface area contributed by atoms with Gasteiger partial charge in [0, 0.05) is 35.4 Å². The van der Waals surface area contributed by atoms with Gasteiger partial charge in [-0.05, 0) is 39.3 Å². The lowest BCUT2D eigenvalue weighted by Gasteiger charge is -2.21. The van der Waals surface area contributed by atoms with Crippen LogP contribution in [0.2, 0.25) is 5.02 Å². The van der Waals surface area contributed by atoms with Crippen molar-refractivity contribution in [3.05, 3.63) is 34.6 Å². The molecular weight excluding hydrogens is 349 g/mol. The maximum atomic E-state index is 13.9. The van der Waals surface area contributed by atoms with Crippen LogP contribution in [0.25, 0.3) is 0 Å². The topological polar surface area (TPSA) is 75.6 Å². The zero-order chi connectivity index (χ0) is 18.8. The number of carbonyl (C=O) groups excluding carboxylic acids is 1. The lowest BCUT2D eigenvalue weighted by molar-refractivity contribution is -0.143. The Bertz CT molecular complexity index is 639. The van der Waals surface area contributed by atoms with Crippen LogP contribution in [0.3, 0.4) is 0 Å². The highest BCUT2D eigenvalue weighted by Gasteiger charge is 2.47. The molecule has 3 atom stereocenters. The van der Waals surface area contributed by atoms with E-state index in [1.165, 1.54) is 12.1 Å². The number of halogens is 2. The lowest BCUT2D eigenvalue weighted by Crippen LogP contribution is -2.42. The van der Waals surface area contributed by atoms with Crippen molar-refractivity contribution in [2.75, 3.05) is 6.61 Å². The van der Waals surface area contributed by atoms with Crippen LogP contribution in [0.5, 0.6) is 0 Å². The van der Waals surface area contributed by atoms with Crippen LogP contribution in [-0.2, 0) is 14.3 Å². The van der Waals surface area contributed by atoms with Gasteiger partial charge in [-0.25, -0.2) is 9.18 Å². The molecule has 1 amide bonds. The molecule has 0 aliphatic heterocycles. The molecule has 25 heavy (non-hydrogen) atoms. The fourth-order valence-electron chi connectivity index (χ4n) is 2.69. The molecule has 138 valence electrons. The van der Waals surface area contributed by atoms with Crippen molar-refractivity contribution in [1.82, 2.24) is 5.32 Å². The van der Waals surface area contributed by atoms with Gasteiger partial charge in [0.25, 0.3) is 0 Å². The molecule has 1 aliphatic carbocycles. The summed E-state index contributed by atoms with van der Waals surface area (Å²) in [5.41, 5.74) is -0.0526. The molecule has 2 N–H and O–H groups in total.